The van der Waals surface area contributed by atoms with E-state index < -0.39 is 45.8 Å². The third-order valence-corrected chi connectivity index (χ3v) is 43.6. The Kier molecular flexibility index (Phi) is 23.5. The predicted octanol–water partition coefficient (Wildman–Crippen LogP) is 28.1. The minimum absolute atomic E-state index is 0.106. The van der Waals surface area contributed by atoms with Crippen molar-refractivity contribution >= 4 is 238 Å². The van der Waals surface area contributed by atoms with Crippen molar-refractivity contribution in [1.29, 1.82) is 0 Å². The Morgan fingerprint density at radius 1 is 0.164 bits per heavy atom. The summed E-state index contributed by atoms with van der Waals surface area (Å²) in [6.45, 7) is 85.1. The van der Waals surface area contributed by atoms with Crippen LogP contribution in [0.3, 0.4) is 0 Å². The highest BCUT2D eigenvalue weighted by atomic mass is 28.3. The molecule has 0 saturated carbocycles. The number of benzene rings is 15. The third kappa shape index (κ3) is 17.0. The molecule has 146 heavy (non-hydrogen) atoms. The first kappa shape index (κ1) is 100. The van der Waals surface area contributed by atoms with Crippen molar-refractivity contribution in [2.24, 2.45) is 0 Å². The summed E-state index contributed by atoms with van der Waals surface area (Å²) in [5.74, 6) is 0. The molecule has 0 amide bonds. The van der Waals surface area contributed by atoms with Gasteiger partial charge in [-0.2, -0.15) is 0 Å². The molecule has 21 rings (SSSR count). The van der Waals surface area contributed by atoms with Gasteiger partial charge in [0.2, 0.25) is 0 Å². The third-order valence-electron chi connectivity index (χ3n) is 33.4. The van der Waals surface area contributed by atoms with Crippen molar-refractivity contribution in [3.8, 4) is 0 Å². The molecule has 0 saturated heterocycles. The van der Waals surface area contributed by atoms with Crippen LogP contribution in [0.25, 0.3) is 0 Å². The van der Waals surface area contributed by atoms with Crippen LogP contribution in [0.5, 0.6) is 0 Å². The predicted molar refractivity (Wildman–Crippen MR) is 659 cm³/mol. The van der Waals surface area contributed by atoms with E-state index >= 15 is 0 Å². The zero-order valence-electron chi connectivity index (χ0n) is 94.1. The molecular weight excluding hydrogens is 1840 g/mol. The number of rotatable bonds is 14. The van der Waals surface area contributed by atoms with Crippen LogP contribution in [-0.2, 0) is 37.9 Å². The molecule has 0 spiro atoms. The fourth-order valence-electron chi connectivity index (χ4n) is 24.2. The lowest BCUT2D eigenvalue weighted by molar-refractivity contribution is 0.590. The summed E-state index contributed by atoms with van der Waals surface area (Å²) >= 11 is 0. The minimum atomic E-state index is -2.01. The van der Waals surface area contributed by atoms with Gasteiger partial charge in [-0.25, -0.2) is 0 Å². The van der Waals surface area contributed by atoms with E-state index in [1.807, 2.05) is 0 Å². The quantitative estimate of drug-likeness (QED) is 0.0793. The maximum atomic E-state index is 2.76. The minimum Gasteiger partial charge on any atom is -0.311 e. The molecule has 15 aromatic rings. The van der Waals surface area contributed by atoms with Crippen LogP contribution in [0, 0.1) is 6.92 Å². The molecule has 0 unspecified atom stereocenters. The fraction of sp³-hybridized carbons (Fsp3) is 0.318. The maximum Gasteiger partial charge on any atom is 0.252 e. The van der Waals surface area contributed by atoms with Gasteiger partial charge in [-0.15, -0.1) is 0 Å². The average Bonchev–Trinajstić information content (AvgIpc) is 0.679. The van der Waals surface area contributed by atoms with Gasteiger partial charge in [-0.3, -0.25) is 0 Å². The topological polar surface area (TPSA) is 19.4 Å². The highest BCUT2D eigenvalue weighted by molar-refractivity contribution is 7.03. The summed E-state index contributed by atoms with van der Waals surface area (Å²) in [6.07, 6.45) is 0. The van der Waals surface area contributed by atoms with Crippen LogP contribution in [0.4, 0.5) is 102 Å². The molecule has 740 valence electrons. The molecule has 6 nitrogen and oxygen atoms in total. The van der Waals surface area contributed by atoms with Gasteiger partial charge in [-0.1, -0.05) is 400 Å². The maximum absolute atomic E-state index is 2.76. The van der Waals surface area contributed by atoms with Crippen LogP contribution in [0.2, 0.25) is 98.2 Å². The zero-order valence-corrected chi connectivity index (χ0v) is 99.1. The van der Waals surface area contributed by atoms with E-state index in [-0.39, 0.29) is 52.6 Å². The Morgan fingerprint density at radius 2 is 0.336 bits per heavy atom. The number of nitrogens with zero attached hydrogens (tertiary/aromatic N) is 6. The Hall–Kier alpha value is -11.6. The van der Waals surface area contributed by atoms with Crippen molar-refractivity contribution in [1.82, 2.24) is 0 Å². The normalized spacial score (nSPS) is 14.7. The van der Waals surface area contributed by atoms with E-state index in [9.17, 15) is 0 Å². The van der Waals surface area contributed by atoms with Crippen LogP contribution in [0.1, 0.15) is 187 Å². The van der Waals surface area contributed by atoms with E-state index in [1.165, 1.54) is 199 Å². The summed E-state index contributed by atoms with van der Waals surface area (Å²) in [5, 5.41) is 7.22. The van der Waals surface area contributed by atoms with Crippen molar-refractivity contribution in [3.63, 3.8) is 0 Å². The standard InChI is InChI=1S/C132H153B3N6Si5/c1-84-36-66-111-105(72-84)133-106-73-88(129(11,12)13)43-67-112(106)136(94-46-37-85(38-47-94)126(2,3)4)117-76-91(77-118(123(117)133)139(111)97-52-58-100(59-53-97)142(21,22)23)132(20,92-78-119-124-121(80-92)140(98-54-60-101(61-55-98)143(24,25)26)115-70-64-103(145(30,31)32)82-109(115)134(124)107-74-89(130(14,15)16)44-68-113(107)137(119)95-48-39-86(40-49-95)127(5,6)7)93-79-120-125-122(81-93)141(99-56-62-102(63-57-99)144(27,28)29)116-71-65-104(146(33,34)35)83-110(116)135(125)108-75-90(131(17,18)19)45-69-114(108)138(120)96-50-41-87(42-51-96)128(8,9)10/h36-83H,1-35H3. The van der Waals surface area contributed by atoms with Crippen molar-refractivity contribution in [2.45, 2.75) is 275 Å². The molecule has 6 aliphatic rings. The Labute approximate surface area is 881 Å². The average molecular weight is 2000 g/mol. The smallest absolute Gasteiger partial charge is 0.252 e. The van der Waals surface area contributed by atoms with E-state index in [0.29, 0.717) is 0 Å². The summed E-state index contributed by atoms with van der Waals surface area (Å²) in [7, 11) is -9.57. The monoisotopic (exact) mass is 2000 g/mol. The molecule has 0 N–H and O–H groups in total. The number of hydrogen-bond acceptors (Lipinski definition) is 6. The van der Waals surface area contributed by atoms with Crippen molar-refractivity contribution in [2.75, 3.05) is 29.4 Å². The van der Waals surface area contributed by atoms with Crippen LogP contribution >= 0.6 is 0 Å². The number of aryl methyl sites for hydroxylation is 1. The molecule has 14 heteroatoms. The van der Waals surface area contributed by atoms with Crippen LogP contribution in [0.15, 0.2) is 291 Å². The van der Waals surface area contributed by atoms with Gasteiger partial charge in [-0.05, 0) is 291 Å². The second kappa shape index (κ2) is 34.2. The van der Waals surface area contributed by atoms with Gasteiger partial charge in [0, 0.05) is 108 Å². The van der Waals surface area contributed by atoms with Gasteiger partial charge in [0.15, 0.2) is 0 Å². The van der Waals surface area contributed by atoms with Gasteiger partial charge in [0.05, 0.1) is 40.4 Å². The van der Waals surface area contributed by atoms with E-state index in [2.05, 4.69) is 557 Å². The van der Waals surface area contributed by atoms with Gasteiger partial charge in [0.25, 0.3) is 20.1 Å². The molecule has 0 aliphatic carbocycles. The Balaban J connectivity index is 0.996. The van der Waals surface area contributed by atoms with Crippen LogP contribution < -0.4 is 104 Å². The van der Waals surface area contributed by atoms with Gasteiger partial charge >= 0.3 is 0 Å². The Morgan fingerprint density at radius 3 is 0.541 bits per heavy atom. The molecule has 0 radical (unpaired) electrons. The highest BCUT2D eigenvalue weighted by Gasteiger charge is 2.53. The first-order valence-electron chi connectivity index (χ1n) is 53.9. The summed E-state index contributed by atoms with van der Waals surface area (Å²) in [6, 6.07) is 121. The lowest BCUT2D eigenvalue weighted by atomic mass is 9.33. The van der Waals surface area contributed by atoms with E-state index in [0.717, 1.165) is 34.1 Å². The molecule has 15 aromatic carbocycles. The molecule has 0 bridgehead atoms. The largest absolute Gasteiger partial charge is 0.311 e. The van der Waals surface area contributed by atoms with Gasteiger partial charge in [0.1, 0.15) is 0 Å². The molecule has 6 heterocycles. The molecule has 0 fully saturated rings. The van der Waals surface area contributed by atoms with Crippen molar-refractivity contribution in [3.05, 3.63) is 347 Å². The highest BCUT2D eigenvalue weighted by Crippen LogP contribution is 2.57. The Bertz CT molecular complexity index is 7150. The molecule has 0 aromatic heterocycles. The zero-order chi connectivity index (χ0) is 104. The second-order valence-corrected chi connectivity index (χ2v) is 80.6. The van der Waals surface area contributed by atoms with E-state index in [1.54, 1.807) is 0 Å². The summed E-state index contributed by atoms with van der Waals surface area (Å²) in [4.78, 5) is 16.4. The molecule has 0 atom stereocenters. The first-order chi connectivity index (χ1) is 68.1. The number of hydrogen-bond donors (Lipinski definition) is 0. The lowest BCUT2D eigenvalue weighted by Crippen LogP contribution is -2.63. The fourth-order valence-corrected chi connectivity index (χ4v) is 30.0. The van der Waals surface area contributed by atoms with E-state index in [4.69, 9.17) is 0 Å². The molecular formula is C132H153B3N6Si5. The van der Waals surface area contributed by atoms with Gasteiger partial charge < -0.3 is 29.4 Å². The summed E-state index contributed by atoms with van der Waals surface area (Å²) < 4.78 is 0. The summed E-state index contributed by atoms with van der Waals surface area (Å²) in [5.41, 5.74) is 43.7. The lowest BCUT2D eigenvalue weighted by Gasteiger charge is -2.48. The number of fused-ring (bicyclic) bond motifs is 12. The van der Waals surface area contributed by atoms with Crippen LogP contribution in [-0.4, -0.2) is 60.5 Å². The first-order valence-corrected chi connectivity index (χ1v) is 71.4. The van der Waals surface area contributed by atoms with Crippen molar-refractivity contribution < 1.29 is 0 Å². The second-order valence-electron chi connectivity index (χ2n) is 55.2. The number of anilines is 18. The SMILES string of the molecule is Cc1ccc2c(c1)B1c3cc(C(C)(C)C)ccc3N(c3ccc(C(C)(C)C)cc3)c3cc(C(C)(c4cc5c6c(c4)N(c4ccc([Si](C)(C)C)cc4)c4ccc([Si](C)(C)C)cc4B6c4cc(C(C)(C)C)ccc4N5c4ccc(C(C)(C)C)cc4)c4cc5c6c(c4)N(c4ccc([Si](C)(C)C)cc4)c4ccc([Si](C)(C)C)cc4B6c4cc(C(C)(C)C)ccc4N5c4ccc(C(C)(C)C)cc4)cc(c31)N2c1ccc([Si](C)(C)C)cc1. The molecule has 6 aliphatic heterocycles.